The van der Waals surface area contributed by atoms with Gasteiger partial charge in [0.15, 0.2) is 17.5 Å². The van der Waals surface area contributed by atoms with E-state index < -0.39 is 32.4 Å². The second-order valence-electron chi connectivity index (χ2n) is 5.25. The molecule has 1 aromatic carbocycles. The van der Waals surface area contributed by atoms with Crippen LogP contribution in [0, 0.1) is 23.4 Å². The third-order valence-electron chi connectivity index (χ3n) is 3.63. The topological polar surface area (TPSA) is 46.2 Å². The lowest BCUT2D eigenvalue weighted by atomic mass is 9.88. The van der Waals surface area contributed by atoms with E-state index in [1.54, 1.807) is 0 Å². The highest BCUT2D eigenvalue weighted by Crippen LogP contribution is 2.26. The molecule has 0 unspecified atom stereocenters. The number of nitrogens with one attached hydrogen (secondary N) is 1. The fraction of sp³-hybridized carbons (Fsp3) is 0.538. The van der Waals surface area contributed by atoms with Crippen LogP contribution in [0.2, 0.25) is 0 Å². The predicted molar refractivity (Wildman–Crippen MR) is 68.1 cm³/mol. The summed E-state index contributed by atoms with van der Waals surface area (Å²) in [6.45, 7) is 2.08. The highest BCUT2D eigenvalue weighted by Gasteiger charge is 2.28. The van der Waals surface area contributed by atoms with E-state index in [-0.39, 0.29) is 6.04 Å². The fourth-order valence-electron chi connectivity index (χ4n) is 2.38. The summed E-state index contributed by atoms with van der Waals surface area (Å²) >= 11 is 0. The van der Waals surface area contributed by atoms with Crippen molar-refractivity contribution in [1.29, 1.82) is 0 Å². The lowest BCUT2D eigenvalue weighted by Crippen LogP contribution is -2.37. The van der Waals surface area contributed by atoms with Crippen molar-refractivity contribution in [3.63, 3.8) is 0 Å². The van der Waals surface area contributed by atoms with Gasteiger partial charge in [-0.05, 0) is 43.7 Å². The van der Waals surface area contributed by atoms with Crippen LogP contribution in [0.1, 0.15) is 32.6 Å². The van der Waals surface area contributed by atoms with Gasteiger partial charge in [-0.2, -0.15) is 0 Å². The van der Waals surface area contributed by atoms with E-state index in [0.29, 0.717) is 24.8 Å². The molecule has 3 nitrogen and oxygen atoms in total. The van der Waals surface area contributed by atoms with Crippen LogP contribution in [0.3, 0.4) is 0 Å². The molecule has 0 aromatic heterocycles. The molecule has 20 heavy (non-hydrogen) atoms. The van der Waals surface area contributed by atoms with Crippen molar-refractivity contribution in [2.24, 2.45) is 5.92 Å². The van der Waals surface area contributed by atoms with Crippen molar-refractivity contribution in [3.05, 3.63) is 29.6 Å². The quantitative estimate of drug-likeness (QED) is 0.873. The molecule has 112 valence electrons. The van der Waals surface area contributed by atoms with Crippen molar-refractivity contribution < 1.29 is 21.6 Å². The number of sulfonamides is 1. The van der Waals surface area contributed by atoms with Gasteiger partial charge < -0.3 is 0 Å². The van der Waals surface area contributed by atoms with Gasteiger partial charge in [0.25, 0.3) is 0 Å². The third-order valence-corrected chi connectivity index (χ3v) is 5.16. The molecule has 2 rings (SSSR count). The van der Waals surface area contributed by atoms with Gasteiger partial charge in [0.05, 0.1) is 0 Å². The monoisotopic (exact) mass is 307 g/mol. The molecule has 1 saturated carbocycles. The van der Waals surface area contributed by atoms with E-state index in [2.05, 4.69) is 11.6 Å². The van der Waals surface area contributed by atoms with Gasteiger partial charge >= 0.3 is 0 Å². The molecule has 7 heteroatoms. The molecule has 0 radical (unpaired) electrons. The lowest BCUT2D eigenvalue weighted by Gasteiger charge is -2.26. The van der Waals surface area contributed by atoms with Gasteiger partial charge in [-0.3, -0.25) is 0 Å². The SMILES string of the molecule is CC1CCC(NS(=O)(=O)c2ccc(F)c(F)c2F)CC1. The normalized spacial score (nSPS) is 23.8. The van der Waals surface area contributed by atoms with E-state index in [0.717, 1.165) is 18.9 Å². The molecule has 1 aliphatic carbocycles. The molecule has 0 atom stereocenters. The molecule has 0 spiro atoms. The Morgan fingerprint density at radius 3 is 2.25 bits per heavy atom. The van der Waals surface area contributed by atoms with Gasteiger partial charge in [-0.15, -0.1) is 0 Å². The van der Waals surface area contributed by atoms with Crippen molar-refractivity contribution in [2.75, 3.05) is 0 Å². The van der Waals surface area contributed by atoms with Crippen molar-refractivity contribution in [3.8, 4) is 0 Å². The molecule has 0 aliphatic heterocycles. The zero-order chi connectivity index (χ0) is 14.9. The molecular formula is C13H16F3NO2S. The van der Waals surface area contributed by atoms with Crippen LogP contribution in [-0.4, -0.2) is 14.5 Å². The average molecular weight is 307 g/mol. The Morgan fingerprint density at radius 2 is 1.65 bits per heavy atom. The maximum Gasteiger partial charge on any atom is 0.243 e. The Kier molecular flexibility index (Phi) is 4.39. The first-order valence-electron chi connectivity index (χ1n) is 6.47. The first kappa shape index (κ1) is 15.3. The number of rotatable bonds is 3. The summed E-state index contributed by atoms with van der Waals surface area (Å²) in [5, 5.41) is 0. The average Bonchev–Trinajstić information content (AvgIpc) is 2.38. The maximum atomic E-state index is 13.5. The molecule has 1 fully saturated rings. The van der Waals surface area contributed by atoms with Gasteiger partial charge in [0, 0.05) is 6.04 Å². The van der Waals surface area contributed by atoms with E-state index >= 15 is 0 Å². The van der Waals surface area contributed by atoms with E-state index in [4.69, 9.17) is 0 Å². The standard InChI is InChI=1S/C13H16F3NO2S/c1-8-2-4-9(5-3-8)17-20(18,19)11-7-6-10(14)12(15)13(11)16/h6-9,17H,2-5H2,1H3. The van der Waals surface area contributed by atoms with Crippen LogP contribution in [0.25, 0.3) is 0 Å². The van der Waals surface area contributed by atoms with Crippen LogP contribution in [0.4, 0.5) is 13.2 Å². The maximum absolute atomic E-state index is 13.5. The van der Waals surface area contributed by atoms with Gasteiger partial charge in [-0.1, -0.05) is 6.92 Å². The zero-order valence-electron chi connectivity index (χ0n) is 11.0. The van der Waals surface area contributed by atoms with Crippen molar-refractivity contribution in [2.45, 2.75) is 43.5 Å². The second kappa shape index (κ2) is 5.73. The first-order chi connectivity index (χ1) is 9.31. The zero-order valence-corrected chi connectivity index (χ0v) is 11.8. The summed E-state index contributed by atoms with van der Waals surface area (Å²) in [4.78, 5) is -0.852. The minimum Gasteiger partial charge on any atom is -0.208 e. The smallest absolute Gasteiger partial charge is 0.208 e. The van der Waals surface area contributed by atoms with Crippen LogP contribution < -0.4 is 4.72 Å². The first-order valence-corrected chi connectivity index (χ1v) is 7.95. The van der Waals surface area contributed by atoms with Gasteiger partial charge in [-0.25, -0.2) is 26.3 Å². The highest BCUT2D eigenvalue weighted by molar-refractivity contribution is 7.89. The van der Waals surface area contributed by atoms with Crippen LogP contribution in [-0.2, 0) is 10.0 Å². The lowest BCUT2D eigenvalue weighted by molar-refractivity contribution is 0.331. The highest BCUT2D eigenvalue weighted by atomic mass is 32.2. The molecule has 1 aliphatic rings. The minimum absolute atomic E-state index is 0.288. The Balaban J connectivity index is 2.21. The molecule has 0 amide bonds. The summed E-state index contributed by atoms with van der Waals surface area (Å²) in [5.41, 5.74) is 0. The Bertz CT molecular complexity index is 596. The van der Waals surface area contributed by atoms with E-state index in [1.807, 2.05) is 0 Å². The van der Waals surface area contributed by atoms with Crippen LogP contribution >= 0.6 is 0 Å². The molecular weight excluding hydrogens is 291 g/mol. The van der Waals surface area contributed by atoms with Gasteiger partial charge in [0.2, 0.25) is 10.0 Å². The number of halogens is 3. The summed E-state index contributed by atoms with van der Waals surface area (Å²) in [7, 11) is -4.18. The third kappa shape index (κ3) is 3.15. The predicted octanol–water partition coefficient (Wildman–Crippen LogP) is 2.96. The second-order valence-corrected chi connectivity index (χ2v) is 6.93. The molecule has 0 bridgehead atoms. The largest absolute Gasteiger partial charge is 0.243 e. The number of hydrogen-bond donors (Lipinski definition) is 1. The van der Waals surface area contributed by atoms with E-state index in [9.17, 15) is 21.6 Å². The van der Waals surface area contributed by atoms with Crippen LogP contribution in [0.15, 0.2) is 17.0 Å². The Labute approximate surface area is 116 Å². The molecule has 0 heterocycles. The molecule has 1 N–H and O–H groups in total. The summed E-state index contributed by atoms with van der Waals surface area (Å²) in [6, 6.07) is 1.06. The molecule has 0 saturated heterocycles. The summed E-state index contributed by atoms with van der Waals surface area (Å²) in [5.74, 6) is -4.32. The van der Waals surface area contributed by atoms with E-state index in [1.165, 1.54) is 0 Å². The fourth-order valence-corrected chi connectivity index (χ4v) is 3.75. The van der Waals surface area contributed by atoms with Crippen LogP contribution in [0.5, 0.6) is 0 Å². The number of hydrogen-bond acceptors (Lipinski definition) is 2. The van der Waals surface area contributed by atoms with Gasteiger partial charge in [0.1, 0.15) is 4.90 Å². The van der Waals surface area contributed by atoms with Crippen molar-refractivity contribution in [1.82, 2.24) is 4.72 Å². The Morgan fingerprint density at radius 1 is 1.05 bits per heavy atom. The van der Waals surface area contributed by atoms with Crippen molar-refractivity contribution >= 4 is 10.0 Å². The Hall–Kier alpha value is -1.08. The summed E-state index contributed by atoms with van der Waals surface area (Å²) in [6.07, 6.45) is 3.08. The summed E-state index contributed by atoms with van der Waals surface area (Å²) < 4.78 is 65.9. The minimum atomic E-state index is -4.18. The number of benzene rings is 1. The molecule has 1 aromatic rings.